The average molecular weight is 447 g/mol. The fourth-order valence-electron chi connectivity index (χ4n) is 4.33. The zero-order valence-corrected chi connectivity index (χ0v) is 18.9. The van der Waals surface area contributed by atoms with E-state index in [1.807, 2.05) is 29.8 Å². The number of aromatic nitrogens is 6. The lowest BCUT2D eigenvalue weighted by molar-refractivity contribution is -0.149. The quantitative estimate of drug-likeness (QED) is 0.489. The number of likely N-dealkylation sites (tertiary alicyclic amines) is 1. The van der Waals surface area contributed by atoms with E-state index in [9.17, 15) is 9.90 Å². The molecule has 0 saturated carbocycles. The molecule has 0 atom stereocenters. The smallest absolute Gasteiger partial charge is 0.253 e. The van der Waals surface area contributed by atoms with Crippen LogP contribution in [0.15, 0.2) is 30.6 Å². The fourth-order valence-corrected chi connectivity index (χ4v) is 4.33. The van der Waals surface area contributed by atoms with Crippen LogP contribution in [0, 0.1) is 6.92 Å². The molecule has 33 heavy (non-hydrogen) atoms. The summed E-state index contributed by atoms with van der Waals surface area (Å²) in [5.41, 5.74) is 10.0. The molecular formula is C23H26N8O2. The van der Waals surface area contributed by atoms with Crippen molar-refractivity contribution in [2.45, 2.75) is 45.3 Å². The highest BCUT2D eigenvalue weighted by molar-refractivity contribution is 5.99. The van der Waals surface area contributed by atoms with Gasteiger partial charge in [0.15, 0.2) is 0 Å². The average Bonchev–Trinajstić information content (AvgIpc) is 3.24. The van der Waals surface area contributed by atoms with Gasteiger partial charge in [0.2, 0.25) is 0 Å². The Hall–Kier alpha value is -3.66. The summed E-state index contributed by atoms with van der Waals surface area (Å²) in [4.78, 5) is 27.8. The second kappa shape index (κ2) is 7.73. The molecule has 0 bridgehead atoms. The molecule has 0 unspecified atom stereocenters. The SMILES string of the molecule is Cc1cc(-c2ccc3ncc4nnn(C5CCN(C(=O)C(C)(C)O)CC5)c4c3n2)cnc1N. The number of hydrogen-bond acceptors (Lipinski definition) is 8. The van der Waals surface area contributed by atoms with E-state index in [1.54, 1.807) is 17.3 Å². The first-order valence-corrected chi connectivity index (χ1v) is 11.0. The molecule has 10 nitrogen and oxygen atoms in total. The van der Waals surface area contributed by atoms with E-state index in [4.69, 9.17) is 10.7 Å². The first kappa shape index (κ1) is 21.2. The molecule has 10 heteroatoms. The Bertz CT molecular complexity index is 1370. The van der Waals surface area contributed by atoms with E-state index in [0.29, 0.717) is 37.3 Å². The van der Waals surface area contributed by atoms with Gasteiger partial charge in [0.25, 0.3) is 5.91 Å². The lowest BCUT2D eigenvalue weighted by Crippen LogP contribution is -2.48. The van der Waals surface area contributed by atoms with Crippen molar-refractivity contribution in [3.63, 3.8) is 0 Å². The molecule has 1 amide bonds. The first-order chi connectivity index (χ1) is 15.7. The van der Waals surface area contributed by atoms with Crippen LogP contribution < -0.4 is 5.73 Å². The molecule has 0 radical (unpaired) electrons. The summed E-state index contributed by atoms with van der Waals surface area (Å²) in [6.07, 6.45) is 4.86. The predicted molar refractivity (Wildman–Crippen MR) is 124 cm³/mol. The number of aliphatic hydroxyl groups is 1. The van der Waals surface area contributed by atoms with E-state index in [-0.39, 0.29) is 11.9 Å². The molecule has 3 N–H and O–H groups in total. The Morgan fingerprint density at radius 1 is 1.15 bits per heavy atom. The standard InChI is InChI=1S/C23H26N8O2/c1-13-10-14(11-26-21(13)24)16-4-5-17-19(27-16)20-18(12-25-17)28-29-31(20)15-6-8-30(9-7-15)22(32)23(2,3)33/h4-5,10-12,15,33H,6-9H2,1-3H3,(H2,24,26). The van der Waals surface area contributed by atoms with Crippen molar-refractivity contribution in [2.24, 2.45) is 0 Å². The zero-order valence-electron chi connectivity index (χ0n) is 18.9. The molecule has 1 aliphatic rings. The van der Waals surface area contributed by atoms with Crippen LogP contribution in [-0.4, -0.2) is 64.5 Å². The largest absolute Gasteiger partial charge is 0.383 e. The van der Waals surface area contributed by atoms with E-state index in [2.05, 4.69) is 20.3 Å². The monoisotopic (exact) mass is 446 g/mol. The minimum absolute atomic E-state index is 0.0670. The molecule has 0 aromatic carbocycles. The Kier molecular flexibility index (Phi) is 4.97. The number of piperidine rings is 1. The third-order valence-electron chi connectivity index (χ3n) is 6.18. The van der Waals surface area contributed by atoms with Gasteiger partial charge in [-0.05, 0) is 57.4 Å². The second-order valence-corrected chi connectivity index (χ2v) is 9.10. The van der Waals surface area contributed by atoms with Crippen LogP contribution in [0.4, 0.5) is 5.82 Å². The number of nitrogen functional groups attached to an aromatic ring is 1. The van der Waals surface area contributed by atoms with Crippen molar-refractivity contribution in [1.29, 1.82) is 0 Å². The van der Waals surface area contributed by atoms with Crippen LogP contribution in [0.1, 0.15) is 38.3 Å². The molecule has 5 rings (SSSR count). The van der Waals surface area contributed by atoms with Gasteiger partial charge in [-0.1, -0.05) is 5.21 Å². The maximum atomic E-state index is 12.4. The molecule has 170 valence electrons. The third kappa shape index (κ3) is 3.76. The van der Waals surface area contributed by atoms with Gasteiger partial charge in [-0.25, -0.2) is 14.6 Å². The number of aryl methyl sites for hydroxylation is 1. The highest BCUT2D eigenvalue weighted by Crippen LogP contribution is 2.30. The lowest BCUT2D eigenvalue weighted by Gasteiger charge is -2.35. The number of rotatable bonds is 3. The number of hydrogen-bond donors (Lipinski definition) is 2. The summed E-state index contributed by atoms with van der Waals surface area (Å²) in [6.45, 7) is 6.06. The van der Waals surface area contributed by atoms with Gasteiger partial charge in [0.05, 0.1) is 23.4 Å². The molecule has 0 spiro atoms. The van der Waals surface area contributed by atoms with Crippen molar-refractivity contribution in [3.05, 3.63) is 36.2 Å². The van der Waals surface area contributed by atoms with Crippen molar-refractivity contribution in [2.75, 3.05) is 18.8 Å². The van der Waals surface area contributed by atoms with E-state index >= 15 is 0 Å². The Morgan fingerprint density at radius 2 is 1.91 bits per heavy atom. The first-order valence-electron chi connectivity index (χ1n) is 11.0. The van der Waals surface area contributed by atoms with Crippen LogP contribution in [0.25, 0.3) is 33.3 Å². The fraction of sp³-hybridized carbons (Fsp3) is 0.391. The summed E-state index contributed by atoms with van der Waals surface area (Å²) < 4.78 is 1.91. The number of pyridine rings is 3. The third-order valence-corrected chi connectivity index (χ3v) is 6.18. The van der Waals surface area contributed by atoms with Crippen molar-refractivity contribution < 1.29 is 9.90 Å². The van der Waals surface area contributed by atoms with E-state index in [1.165, 1.54) is 13.8 Å². The number of nitrogens with zero attached hydrogens (tertiary/aromatic N) is 7. The molecule has 1 aliphatic heterocycles. The molecule has 0 aliphatic carbocycles. The Balaban J connectivity index is 1.52. The summed E-state index contributed by atoms with van der Waals surface area (Å²) in [6, 6.07) is 5.89. The van der Waals surface area contributed by atoms with Gasteiger partial charge >= 0.3 is 0 Å². The van der Waals surface area contributed by atoms with Crippen LogP contribution in [0.3, 0.4) is 0 Å². The number of carbonyl (C=O) groups is 1. The zero-order chi connectivity index (χ0) is 23.3. The van der Waals surface area contributed by atoms with Gasteiger partial charge in [-0.3, -0.25) is 9.78 Å². The Labute approximate surface area is 190 Å². The van der Waals surface area contributed by atoms with Crippen molar-refractivity contribution in [1.82, 2.24) is 34.8 Å². The van der Waals surface area contributed by atoms with Crippen LogP contribution in [0.5, 0.6) is 0 Å². The van der Waals surface area contributed by atoms with Gasteiger partial charge in [-0.2, -0.15) is 0 Å². The predicted octanol–water partition coefficient (Wildman–Crippen LogP) is 2.26. The van der Waals surface area contributed by atoms with E-state index in [0.717, 1.165) is 33.4 Å². The maximum absolute atomic E-state index is 12.4. The van der Waals surface area contributed by atoms with Gasteiger partial charge in [0.1, 0.15) is 28.0 Å². The molecule has 1 fully saturated rings. The van der Waals surface area contributed by atoms with E-state index < -0.39 is 5.60 Å². The number of fused-ring (bicyclic) bond motifs is 3. The highest BCUT2D eigenvalue weighted by Gasteiger charge is 2.33. The molecular weight excluding hydrogens is 420 g/mol. The number of anilines is 1. The van der Waals surface area contributed by atoms with Crippen LogP contribution >= 0.6 is 0 Å². The molecule has 1 saturated heterocycles. The summed E-state index contributed by atoms with van der Waals surface area (Å²) >= 11 is 0. The summed E-state index contributed by atoms with van der Waals surface area (Å²) in [7, 11) is 0. The van der Waals surface area contributed by atoms with Gasteiger partial charge in [0, 0.05) is 24.8 Å². The van der Waals surface area contributed by atoms with Crippen molar-refractivity contribution in [3.8, 4) is 11.3 Å². The Morgan fingerprint density at radius 3 is 2.61 bits per heavy atom. The summed E-state index contributed by atoms with van der Waals surface area (Å²) in [5.74, 6) is 0.248. The summed E-state index contributed by atoms with van der Waals surface area (Å²) in [5, 5.41) is 18.8. The van der Waals surface area contributed by atoms with Crippen molar-refractivity contribution >= 4 is 33.8 Å². The van der Waals surface area contributed by atoms with Crippen LogP contribution in [0.2, 0.25) is 0 Å². The lowest BCUT2D eigenvalue weighted by atomic mass is 10.0. The molecule has 4 aromatic heterocycles. The minimum atomic E-state index is -1.37. The second-order valence-electron chi connectivity index (χ2n) is 9.10. The maximum Gasteiger partial charge on any atom is 0.253 e. The highest BCUT2D eigenvalue weighted by atomic mass is 16.3. The topological polar surface area (TPSA) is 136 Å². The van der Waals surface area contributed by atoms with Gasteiger partial charge in [-0.15, -0.1) is 5.10 Å². The number of amides is 1. The minimum Gasteiger partial charge on any atom is -0.383 e. The normalized spacial score (nSPS) is 15.5. The van der Waals surface area contributed by atoms with Gasteiger partial charge < -0.3 is 15.7 Å². The number of nitrogens with two attached hydrogens (primary N) is 1. The van der Waals surface area contributed by atoms with Crippen LogP contribution in [-0.2, 0) is 4.79 Å². The molecule has 5 heterocycles. The molecule has 4 aromatic rings. The number of carbonyl (C=O) groups excluding carboxylic acids is 1.